The van der Waals surface area contributed by atoms with E-state index >= 15 is 0 Å². The van der Waals surface area contributed by atoms with Crippen LogP contribution in [0, 0.1) is 11.3 Å². The van der Waals surface area contributed by atoms with Crippen molar-refractivity contribution < 1.29 is 4.79 Å². The number of nitrogens with zero attached hydrogens (tertiary/aromatic N) is 4. The minimum atomic E-state index is -0.238. The lowest BCUT2D eigenvalue weighted by Crippen LogP contribution is -2.34. The summed E-state index contributed by atoms with van der Waals surface area (Å²) < 4.78 is 1.29. The number of nitriles is 1. The lowest BCUT2D eigenvalue weighted by Gasteiger charge is -2.16. The van der Waals surface area contributed by atoms with Crippen molar-refractivity contribution in [2.24, 2.45) is 0 Å². The predicted molar refractivity (Wildman–Crippen MR) is 73.9 cm³/mol. The highest BCUT2D eigenvalue weighted by Gasteiger charge is 2.11. The first-order valence-electron chi connectivity index (χ1n) is 6.18. The number of para-hydroxylation sites is 1. The van der Waals surface area contributed by atoms with Crippen LogP contribution in [0.4, 0.5) is 0 Å². The third kappa shape index (κ3) is 2.83. The van der Waals surface area contributed by atoms with E-state index in [1.54, 1.807) is 31.3 Å². The van der Waals surface area contributed by atoms with E-state index in [9.17, 15) is 9.59 Å². The smallest absolute Gasteiger partial charge is 0.261 e. The van der Waals surface area contributed by atoms with Crippen molar-refractivity contribution in [3.63, 3.8) is 0 Å². The van der Waals surface area contributed by atoms with Gasteiger partial charge in [-0.3, -0.25) is 14.2 Å². The van der Waals surface area contributed by atoms with Crippen molar-refractivity contribution in [1.82, 2.24) is 14.5 Å². The fraction of sp³-hybridized carbons (Fsp3) is 0.286. The Morgan fingerprint density at radius 1 is 1.45 bits per heavy atom. The summed E-state index contributed by atoms with van der Waals surface area (Å²) in [6.45, 7) is 0.281. The predicted octanol–water partition coefficient (Wildman–Crippen LogP) is 0.769. The van der Waals surface area contributed by atoms with Crippen LogP contribution in [0.5, 0.6) is 0 Å². The lowest BCUT2D eigenvalue weighted by atomic mass is 10.2. The highest BCUT2D eigenvalue weighted by molar-refractivity contribution is 5.78. The monoisotopic (exact) mass is 270 g/mol. The zero-order chi connectivity index (χ0) is 14.5. The Balaban J connectivity index is 2.22. The van der Waals surface area contributed by atoms with Gasteiger partial charge in [0.05, 0.1) is 29.7 Å². The molecule has 0 saturated heterocycles. The lowest BCUT2D eigenvalue weighted by molar-refractivity contribution is -0.130. The number of amides is 1. The van der Waals surface area contributed by atoms with E-state index in [0.717, 1.165) is 0 Å². The van der Waals surface area contributed by atoms with E-state index < -0.39 is 0 Å². The number of hydrogen-bond acceptors (Lipinski definition) is 4. The Morgan fingerprint density at radius 2 is 2.20 bits per heavy atom. The van der Waals surface area contributed by atoms with E-state index in [4.69, 9.17) is 5.26 Å². The summed E-state index contributed by atoms with van der Waals surface area (Å²) in [5, 5.41) is 8.98. The number of hydrogen-bond donors (Lipinski definition) is 0. The zero-order valence-electron chi connectivity index (χ0n) is 11.1. The first kappa shape index (κ1) is 13.7. The van der Waals surface area contributed by atoms with E-state index in [1.165, 1.54) is 15.8 Å². The van der Waals surface area contributed by atoms with Gasteiger partial charge >= 0.3 is 0 Å². The Labute approximate surface area is 115 Å². The van der Waals surface area contributed by atoms with Gasteiger partial charge in [-0.25, -0.2) is 4.98 Å². The molecule has 2 rings (SSSR count). The number of aromatic nitrogens is 2. The largest absolute Gasteiger partial charge is 0.343 e. The molecule has 0 unspecified atom stereocenters. The molecule has 1 aromatic heterocycles. The highest BCUT2D eigenvalue weighted by atomic mass is 16.2. The van der Waals surface area contributed by atoms with Crippen LogP contribution in [0.1, 0.15) is 6.42 Å². The van der Waals surface area contributed by atoms with E-state index in [0.29, 0.717) is 17.4 Å². The van der Waals surface area contributed by atoms with Crippen LogP contribution in [-0.2, 0) is 11.3 Å². The molecule has 0 N–H and O–H groups in total. The molecule has 2 aromatic rings. The first-order valence-corrected chi connectivity index (χ1v) is 6.18. The normalized spacial score (nSPS) is 10.2. The van der Waals surface area contributed by atoms with Crippen molar-refractivity contribution >= 4 is 16.8 Å². The van der Waals surface area contributed by atoms with Crippen molar-refractivity contribution in [1.29, 1.82) is 5.26 Å². The molecule has 0 aliphatic rings. The number of fused-ring (bicyclic) bond motifs is 1. The van der Waals surface area contributed by atoms with Gasteiger partial charge in [0.25, 0.3) is 5.56 Å². The van der Waals surface area contributed by atoms with Crippen molar-refractivity contribution in [2.45, 2.75) is 13.0 Å². The standard InChI is InChI=1S/C14H14N4O2/c1-17(8-4-7-15)13(19)9-18-10-16-12-6-3-2-5-11(12)14(18)20/h2-3,5-6,10H,4,8-9H2,1H3. The van der Waals surface area contributed by atoms with Gasteiger partial charge in [0.15, 0.2) is 0 Å². The van der Waals surface area contributed by atoms with Gasteiger partial charge < -0.3 is 4.90 Å². The minimum Gasteiger partial charge on any atom is -0.343 e. The fourth-order valence-electron chi connectivity index (χ4n) is 1.83. The number of likely N-dealkylation sites (N-methyl/N-ethyl adjacent to an activating group) is 1. The molecule has 1 heterocycles. The SMILES string of the molecule is CN(CCC#N)C(=O)Cn1cnc2ccccc2c1=O. The van der Waals surface area contributed by atoms with Gasteiger partial charge in [-0.05, 0) is 12.1 Å². The van der Waals surface area contributed by atoms with Gasteiger partial charge in [-0.1, -0.05) is 12.1 Å². The van der Waals surface area contributed by atoms with Crippen LogP contribution in [0.25, 0.3) is 10.9 Å². The second-order valence-electron chi connectivity index (χ2n) is 4.42. The van der Waals surface area contributed by atoms with Crippen molar-refractivity contribution in [3.8, 4) is 6.07 Å². The molecular formula is C14H14N4O2. The molecule has 0 radical (unpaired) electrons. The van der Waals surface area contributed by atoms with Gasteiger partial charge in [-0.2, -0.15) is 5.26 Å². The quantitative estimate of drug-likeness (QED) is 0.822. The van der Waals surface area contributed by atoms with Crippen molar-refractivity contribution in [2.75, 3.05) is 13.6 Å². The summed E-state index contributed by atoms with van der Waals surface area (Å²) in [6, 6.07) is 8.98. The molecule has 6 heteroatoms. The van der Waals surface area contributed by atoms with Crippen LogP contribution in [0.3, 0.4) is 0 Å². The van der Waals surface area contributed by atoms with Crippen LogP contribution < -0.4 is 5.56 Å². The van der Waals surface area contributed by atoms with E-state index in [1.807, 2.05) is 6.07 Å². The molecule has 0 bridgehead atoms. The molecule has 0 fully saturated rings. The van der Waals surface area contributed by atoms with Crippen LogP contribution in [0.2, 0.25) is 0 Å². The molecule has 0 spiro atoms. The maximum atomic E-state index is 12.2. The first-order chi connectivity index (χ1) is 9.63. The molecule has 20 heavy (non-hydrogen) atoms. The van der Waals surface area contributed by atoms with E-state index in [2.05, 4.69) is 4.98 Å². The Hall–Kier alpha value is -2.68. The highest BCUT2D eigenvalue weighted by Crippen LogP contribution is 2.04. The van der Waals surface area contributed by atoms with Crippen LogP contribution >= 0.6 is 0 Å². The second kappa shape index (κ2) is 5.97. The molecule has 0 atom stereocenters. The summed E-state index contributed by atoms with van der Waals surface area (Å²) in [6.07, 6.45) is 1.65. The van der Waals surface area contributed by atoms with E-state index in [-0.39, 0.29) is 24.4 Å². The number of carbonyl (C=O) groups is 1. The maximum absolute atomic E-state index is 12.2. The third-order valence-corrected chi connectivity index (χ3v) is 3.02. The zero-order valence-corrected chi connectivity index (χ0v) is 11.1. The molecule has 1 amide bonds. The number of benzene rings is 1. The number of carbonyl (C=O) groups excluding carboxylic acids is 1. The van der Waals surface area contributed by atoms with Gasteiger partial charge in [0.2, 0.25) is 5.91 Å². The Bertz CT molecular complexity index is 730. The molecule has 6 nitrogen and oxygen atoms in total. The molecule has 0 aliphatic carbocycles. The van der Waals surface area contributed by atoms with Gasteiger partial charge in [0.1, 0.15) is 6.54 Å². The summed E-state index contributed by atoms with van der Waals surface area (Å²) in [4.78, 5) is 29.7. The van der Waals surface area contributed by atoms with Gasteiger partial charge in [-0.15, -0.1) is 0 Å². The van der Waals surface area contributed by atoms with Crippen LogP contribution in [0.15, 0.2) is 35.4 Å². The summed E-state index contributed by atoms with van der Waals surface area (Å²) in [5.74, 6) is -0.223. The maximum Gasteiger partial charge on any atom is 0.261 e. The Morgan fingerprint density at radius 3 is 2.95 bits per heavy atom. The van der Waals surface area contributed by atoms with Crippen LogP contribution in [-0.4, -0.2) is 34.0 Å². The number of rotatable bonds is 4. The second-order valence-corrected chi connectivity index (χ2v) is 4.42. The molecular weight excluding hydrogens is 256 g/mol. The average Bonchev–Trinajstić information content (AvgIpc) is 2.47. The fourth-order valence-corrected chi connectivity index (χ4v) is 1.83. The third-order valence-electron chi connectivity index (χ3n) is 3.02. The molecule has 1 aromatic carbocycles. The molecule has 102 valence electrons. The topological polar surface area (TPSA) is 79.0 Å². The summed E-state index contributed by atoms with van der Waals surface area (Å²) in [7, 11) is 1.61. The summed E-state index contributed by atoms with van der Waals surface area (Å²) in [5.41, 5.74) is 0.372. The van der Waals surface area contributed by atoms with Crippen molar-refractivity contribution in [3.05, 3.63) is 40.9 Å². The van der Waals surface area contributed by atoms with Gasteiger partial charge in [0, 0.05) is 13.6 Å². The Kier molecular flexibility index (Phi) is 4.11. The molecule has 0 aliphatic heterocycles. The summed E-state index contributed by atoms with van der Waals surface area (Å²) >= 11 is 0. The average molecular weight is 270 g/mol. The minimum absolute atomic E-state index is 0.0708. The molecule has 0 saturated carbocycles.